The molecule has 1 atom stereocenters. The van der Waals surface area contributed by atoms with Crippen LogP contribution < -0.4 is 10.6 Å². The number of aliphatic hydroxyl groups is 1. The van der Waals surface area contributed by atoms with Crippen LogP contribution in [0.1, 0.15) is 56.1 Å². The van der Waals surface area contributed by atoms with Crippen molar-refractivity contribution < 1.29 is 9.90 Å². The average molecular weight is 345 g/mol. The Bertz CT molecular complexity index is 558. The lowest BCUT2D eigenvalue weighted by molar-refractivity contribution is 0.112. The molecule has 25 heavy (non-hydrogen) atoms. The predicted molar refractivity (Wildman–Crippen MR) is 99.2 cm³/mol. The third-order valence-electron chi connectivity index (χ3n) is 5.61. The molecule has 1 saturated heterocycles. The average Bonchev–Trinajstić information content (AvgIpc) is 2.67. The SMILES string of the molecule is O=C(NCc1ccccc1CO)NC1CCCN(C2CCCCC2)C1. The summed E-state index contributed by atoms with van der Waals surface area (Å²) in [5, 5.41) is 15.4. The van der Waals surface area contributed by atoms with Crippen LogP contribution >= 0.6 is 0 Å². The van der Waals surface area contributed by atoms with E-state index in [2.05, 4.69) is 15.5 Å². The number of urea groups is 1. The highest BCUT2D eigenvalue weighted by Gasteiger charge is 2.27. The summed E-state index contributed by atoms with van der Waals surface area (Å²) >= 11 is 0. The van der Waals surface area contributed by atoms with Gasteiger partial charge in [-0.3, -0.25) is 4.90 Å². The maximum absolute atomic E-state index is 12.3. The van der Waals surface area contributed by atoms with Gasteiger partial charge in [0.1, 0.15) is 0 Å². The molecule has 2 fully saturated rings. The van der Waals surface area contributed by atoms with Crippen LogP contribution in [0.25, 0.3) is 0 Å². The first-order chi connectivity index (χ1) is 12.3. The van der Waals surface area contributed by atoms with Crippen molar-refractivity contribution in [2.45, 2.75) is 70.2 Å². The lowest BCUT2D eigenvalue weighted by Gasteiger charge is -2.40. The highest BCUT2D eigenvalue weighted by atomic mass is 16.3. The number of amides is 2. The Morgan fingerprint density at radius 3 is 2.60 bits per heavy atom. The number of rotatable bonds is 5. The van der Waals surface area contributed by atoms with Crippen molar-refractivity contribution in [2.24, 2.45) is 0 Å². The van der Waals surface area contributed by atoms with Gasteiger partial charge in [-0.25, -0.2) is 4.79 Å². The zero-order valence-electron chi connectivity index (χ0n) is 15.0. The topological polar surface area (TPSA) is 64.6 Å². The molecule has 1 heterocycles. The van der Waals surface area contributed by atoms with Crippen LogP contribution in [0.3, 0.4) is 0 Å². The van der Waals surface area contributed by atoms with Crippen molar-refractivity contribution in [1.29, 1.82) is 0 Å². The van der Waals surface area contributed by atoms with Crippen LogP contribution in [0.4, 0.5) is 4.79 Å². The van der Waals surface area contributed by atoms with Gasteiger partial charge < -0.3 is 15.7 Å². The molecule has 0 bridgehead atoms. The van der Waals surface area contributed by atoms with Gasteiger partial charge in [0.05, 0.1) is 6.61 Å². The highest BCUT2D eigenvalue weighted by molar-refractivity contribution is 5.74. The van der Waals surface area contributed by atoms with Gasteiger partial charge >= 0.3 is 6.03 Å². The maximum Gasteiger partial charge on any atom is 0.315 e. The minimum Gasteiger partial charge on any atom is -0.392 e. The molecule has 5 nitrogen and oxygen atoms in total. The van der Waals surface area contributed by atoms with Gasteiger partial charge in [0.2, 0.25) is 0 Å². The van der Waals surface area contributed by atoms with E-state index in [0.717, 1.165) is 36.6 Å². The molecule has 138 valence electrons. The number of hydrogen-bond acceptors (Lipinski definition) is 3. The summed E-state index contributed by atoms with van der Waals surface area (Å²) < 4.78 is 0. The molecule has 5 heteroatoms. The van der Waals surface area contributed by atoms with Gasteiger partial charge in [0, 0.05) is 25.2 Å². The predicted octanol–water partition coefficient (Wildman–Crippen LogP) is 2.78. The number of piperidine rings is 1. The molecule has 1 aromatic rings. The van der Waals surface area contributed by atoms with E-state index in [4.69, 9.17) is 0 Å². The summed E-state index contributed by atoms with van der Waals surface area (Å²) in [6, 6.07) is 8.51. The molecule has 2 amide bonds. The third kappa shape index (κ3) is 5.19. The van der Waals surface area contributed by atoms with Gasteiger partial charge in [-0.05, 0) is 43.4 Å². The van der Waals surface area contributed by atoms with Crippen molar-refractivity contribution in [3.05, 3.63) is 35.4 Å². The molecule has 1 unspecified atom stereocenters. The Hall–Kier alpha value is -1.59. The quantitative estimate of drug-likeness (QED) is 0.769. The van der Waals surface area contributed by atoms with E-state index in [-0.39, 0.29) is 18.7 Å². The van der Waals surface area contributed by atoms with E-state index in [1.807, 2.05) is 24.3 Å². The highest BCUT2D eigenvalue weighted by Crippen LogP contribution is 2.25. The Morgan fingerprint density at radius 1 is 1.08 bits per heavy atom. The molecule has 3 rings (SSSR count). The zero-order valence-corrected chi connectivity index (χ0v) is 15.0. The van der Waals surface area contributed by atoms with Gasteiger partial charge in [-0.15, -0.1) is 0 Å². The fraction of sp³-hybridized carbons (Fsp3) is 0.650. The minimum atomic E-state index is -0.108. The van der Waals surface area contributed by atoms with Crippen molar-refractivity contribution in [3.63, 3.8) is 0 Å². The number of benzene rings is 1. The van der Waals surface area contributed by atoms with Crippen LogP contribution in [0.15, 0.2) is 24.3 Å². The first-order valence-electron chi connectivity index (χ1n) is 9.72. The monoisotopic (exact) mass is 345 g/mol. The van der Waals surface area contributed by atoms with E-state index in [1.54, 1.807) is 0 Å². The number of likely N-dealkylation sites (tertiary alicyclic amines) is 1. The van der Waals surface area contributed by atoms with E-state index >= 15 is 0 Å². The van der Waals surface area contributed by atoms with E-state index < -0.39 is 0 Å². The normalized spacial score (nSPS) is 22.5. The number of carbonyl (C=O) groups excluding carboxylic acids is 1. The first kappa shape index (κ1) is 18.2. The molecule has 0 spiro atoms. The zero-order chi connectivity index (χ0) is 17.5. The summed E-state index contributed by atoms with van der Waals surface area (Å²) in [6.45, 7) is 2.60. The summed E-state index contributed by atoms with van der Waals surface area (Å²) in [7, 11) is 0. The Morgan fingerprint density at radius 2 is 1.84 bits per heavy atom. The maximum atomic E-state index is 12.3. The summed E-state index contributed by atoms with van der Waals surface area (Å²) in [4.78, 5) is 14.9. The number of hydrogen-bond donors (Lipinski definition) is 3. The summed E-state index contributed by atoms with van der Waals surface area (Å²) in [6.07, 6.45) is 8.93. The van der Waals surface area contributed by atoms with Crippen LogP contribution in [-0.4, -0.2) is 41.2 Å². The molecule has 1 aromatic carbocycles. The standard InChI is InChI=1S/C20H31N3O2/c24-15-17-8-5-4-7-16(17)13-21-20(25)22-18-9-6-12-23(14-18)19-10-2-1-3-11-19/h4-5,7-8,18-19,24H,1-3,6,9-15H2,(H2,21,22,25). The number of carbonyl (C=O) groups is 1. The van der Waals surface area contributed by atoms with E-state index in [9.17, 15) is 9.90 Å². The van der Waals surface area contributed by atoms with Crippen molar-refractivity contribution in [1.82, 2.24) is 15.5 Å². The van der Waals surface area contributed by atoms with E-state index in [1.165, 1.54) is 38.6 Å². The number of nitrogens with zero attached hydrogens (tertiary/aromatic N) is 1. The van der Waals surface area contributed by atoms with Gasteiger partial charge in [0.25, 0.3) is 0 Å². The Kier molecular flexibility index (Phi) is 6.70. The lowest BCUT2D eigenvalue weighted by atomic mass is 9.92. The van der Waals surface area contributed by atoms with Crippen molar-refractivity contribution in [2.75, 3.05) is 13.1 Å². The first-order valence-corrected chi connectivity index (χ1v) is 9.72. The molecule has 0 radical (unpaired) electrons. The molecular formula is C20H31N3O2. The molecule has 1 aliphatic carbocycles. The Labute approximate surface area is 150 Å². The van der Waals surface area contributed by atoms with Crippen LogP contribution in [0, 0.1) is 0 Å². The fourth-order valence-corrected chi connectivity index (χ4v) is 4.20. The van der Waals surface area contributed by atoms with Crippen LogP contribution in [0.2, 0.25) is 0 Å². The molecule has 1 aliphatic heterocycles. The van der Waals surface area contributed by atoms with Crippen LogP contribution in [0.5, 0.6) is 0 Å². The Balaban J connectivity index is 1.45. The lowest BCUT2D eigenvalue weighted by Crippen LogP contribution is -2.53. The summed E-state index contributed by atoms with van der Waals surface area (Å²) in [5.74, 6) is 0. The van der Waals surface area contributed by atoms with Gasteiger partial charge in [-0.1, -0.05) is 43.5 Å². The molecule has 0 aromatic heterocycles. The second-order valence-corrected chi connectivity index (χ2v) is 7.38. The molecular weight excluding hydrogens is 314 g/mol. The fourth-order valence-electron chi connectivity index (χ4n) is 4.20. The smallest absolute Gasteiger partial charge is 0.315 e. The molecule has 3 N–H and O–H groups in total. The largest absolute Gasteiger partial charge is 0.392 e. The van der Waals surface area contributed by atoms with Crippen LogP contribution in [-0.2, 0) is 13.2 Å². The van der Waals surface area contributed by atoms with E-state index in [0.29, 0.717) is 6.54 Å². The number of aliphatic hydroxyl groups excluding tert-OH is 1. The second kappa shape index (κ2) is 9.20. The molecule has 2 aliphatic rings. The van der Waals surface area contributed by atoms with Crippen molar-refractivity contribution in [3.8, 4) is 0 Å². The van der Waals surface area contributed by atoms with Gasteiger partial charge in [0.15, 0.2) is 0 Å². The minimum absolute atomic E-state index is 0.00154. The summed E-state index contributed by atoms with van der Waals surface area (Å²) in [5.41, 5.74) is 1.83. The number of nitrogens with one attached hydrogen (secondary N) is 2. The van der Waals surface area contributed by atoms with Gasteiger partial charge in [-0.2, -0.15) is 0 Å². The molecule has 1 saturated carbocycles. The third-order valence-corrected chi connectivity index (χ3v) is 5.61. The van der Waals surface area contributed by atoms with Crippen molar-refractivity contribution >= 4 is 6.03 Å². The second-order valence-electron chi connectivity index (χ2n) is 7.38.